The van der Waals surface area contributed by atoms with E-state index in [2.05, 4.69) is 10.0 Å². The lowest BCUT2D eigenvalue weighted by Crippen LogP contribution is -2.45. The Morgan fingerprint density at radius 3 is 2.24 bits per heavy atom. The van der Waals surface area contributed by atoms with E-state index in [1.807, 2.05) is 0 Å². The number of primary amides is 1. The number of nitrogens with one attached hydrogen (secondary N) is 2. The molecule has 0 fully saturated rings. The van der Waals surface area contributed by atoms with Crippen molar-refractivity contribution in [1.29, 1.82) is 0 Å². The Labute approximate surface area is 197 Å². The van der Waals surface area contributed by atoms with E-state index in [0.717, 1.165) is 17.7 Å². The van der Waals surface area contributed by atoms with Gasteiger partial charge in [0.1, 0.15) is 22.5 Å². The third-order valence-electron chi connectivity index (χ3n) is 4.76. The molecule has 3 aromatic carbocycles. The average Bonchev–Trinajstić information content (AvgIpc) is 2.80. The van der Waals surface area contributed by atoms with Gasteiger partial charge in [-0.05, 0) is 48.4 Å². The summed E-state index contributed by atoms with van der Waals surface area (Å²) in [5.74, 6) is -1.54. The van der Waals surface area contributed by atoms with E-state index < -0.39 is 38.6 Å². The zero-order valence-corrected chi connectivity index (χ0v) is 18.9. The normalized spacial score (nSPS) is 12.0. The number of sulfonamides is 1. The molecule has 0 heterocycles. The van der Waals surface area contributed by atoms with Crippen molar-refractivity contribution in [3.05, 3.63) is 90.2 Å². The van der Waals surface area contributed by atoms with Crippen molar-refractivity contribution in [1.82, 2.24) is 4.72 Å². The molecule has 3 aromatic rings. The second kappa shape index (κ2) is 11.4. The fourth-order valence-electron chi connectivity index (χ4n) is 3.08. The topological polar surface area (TPSA) is 128 Å². The maximum Gasteiger partial charge on any atom is 0.244 e. The number of benzene rings is 3. The van der Waals surface area contributed by atoms with E-state index in [0.29, 0.717) is 11.4 Å². The van der Waals surface area contributed by atoms with Crippen LogP contribution in [0, 0.1) is 5.82 Å². The van der Waals surface area contributed by atoms with Crippen LogP contribution in [0.25, 0.3) is 0 Å². The number of halogens is 1. The molecular weight excluding hydrogens is 461 g/mol. The number of anilines is 1. The molecule has 0 aliphatic carbocycles. The van der Waals surface area contributed by atoms with Crippen LogP contribution in [0.1, 0.15) is 12.0 Å². The zero-order chi connectivity index (χ0) is 24.6. The fourth-order valence-corrected chi connectivity index (χ4v) is 4.36. The summed E-state index contributed by atoms with van der Waals surface area (Å²) in [4.78, 5) is 23.3. The Kier molecular flexibility index (Phi) is 8.34. The monoisotopic (exact) mass is 485 g/mol. The van der Waals surface area contributed by atoms with Crippen LogP contribution in [0.4, 0.5) is 10.1 Å². The molecule has 8 nitrogen and oxygen atoms in total. The average molecular weight is 486 g/mol. The molecule has 0 unspecified atom stereocenters. The van der Waals surface area contributed by atoms with Crippen molar-refractivity contribution >= 4 is 27.5 Å². The quantitative estimate of drug-likeness (QED) is 0.385. The lowest BCUT2D eigenvalue weighted by Gasteiger charge is -2.19. The van der Waals surface area contributed by atoms with E-state index >= 15 is 0 Å². The van der Waals surface area contributed by atoms with Gasteiger partial charge in [0.15, 0.2) is 0 Å². The van der Waals surface area contributed by atoms with Crippen LogP contribution in [0.2, 0.25) is 0 Å². The van der Waals surface area contributed by atoms with E-state index in [4.69, 9.17) is 10.5 Å². The smallest absolute Gasteiger partial charge is 0.244 e. The van der Waals surface area contributed by atoms with Crippen LogP contribution >= 0.6 is 0 Å². The number of amides is 2. The number of ether oxygens (including phenoxy) is 1. The molecule has 34 heavy (non-hydrogen) atoms. The second-order valence-corrected chi connectivity index (χ2v) is 9.05. The van der Waals surface area contributed by atoms with E-state index in [9.17, 15) is 22.4 Å². The van der Waals surface area contributed by atoms with Gasteiger partial charge in [0.25, 0.3) is 0 Å². The van der Waals surface area contributed by atoms with Gasteiger partial charge in [0, 0.05) is 5.69 Å². The Morgan fingerprint density at radius 2 is 1.59 bits per heavy atom. The predicted octanol–water partition coefficient (Wildman–Crippen LogP) is 2.61. The van der Waals surface area contributed by atoms with Crippen LogP contribution in [-0.2, 0) is 26.0 Å². The van der Waals surface area contributed by atoms with E-state index in [1.165, 1.54) is 12.1 Å². The molecule has 2 amide bonds. The summed E-state index contributed by atoms with van der Waals surface area (Å²) < 4.78 is 47.5. The second-order valence-electron chi connectivity index (χ2n) is 7.37. The molecule has 0 aliphatic heterocycles. The van der Waals surface area contributed by atoms with Crippen molar-refractivity contribution in [3.63, 3.8) is 0 Å². The summed E-state index contributed by atoms with van der Waals surface area (Å²) >= 11 is 0. The summed E-state index contributed by atoms with van der Waals surface area (Å²) in [5, 5.41) is 2.66. The first-order valence-corrected chi connectivity index (χ1v) is 11.9. The van der Waals surface area contributed by atoms with Crippen LogP contribution in [0.5, 0.6) is 5.75 Å². The predicted molar refractivity (Wildman–Crippen MR) is 125 cm³/mol. The fraction of sp³-hybridized carbons (Fsp3) is 0.167. The van der Waals surface area contributed by atoms with Gasteiger partial charge in [0.05, 0.1) is 13.0 Å². The third-order valence-corrected chi connectivity index (χ3v) is 6.27. The summed E-state index contributed by atoms with van der Waals surface area (Å²) in [5.41, 5.74) is 6.19. The minimum Gasteiger partial charge on any atom is -0.493 e. The molecule has 0 saturated carbocycles. The third kappa shape index (κ3) is 7.12. The van der Waals surface area contributed by atoms with E-state index in [-0.39, 0.29) is 19.4 Å². The van der Waals surface area contributed by atoms with Crippen molar-refractivity contribution in [3.8, 4) is 5.75 Å². The lowest BCUT2D eigenvalue weighted by molar-refractivity contribution is -0.119. The largest absolute Gasteiger partial charge is 0.493 e. The van der Waals surface area contributed by atoms with E-state index in [1.54, 1.807) is 54.6 Å². The van der Waals surface area contributed by atoms with Crippen molar-refractivity contribution < 1.29 is 27.1 Å². The number of carbonyl (C=O) groups excluding carboxylic acids is 2. The van der Waals surface area contributed by atoms with Gasteiger partial charge < -0.3 is 15.8 Å². The minimum atomic E-state index is -4.32. The highest BCUT2D eigenvalue weighted by atomic mass is 32.2. The molecule has 0 radical (unpaired) electrons. The molecular formula is C24H24FN3O5S. The minimum absolute atomic E-state index is 0.0503. The van der Waals surface area contributed by atoms with Crippen LogP contribution in [0.3, 0.4) is 0 Å². The molecule has 178 valence electrons. The Bertz CT molecular complexity index is 1230. The van der Waals surface area contributed by atoms with Gasteiger partial charge in [-0.25, -0.2) is 12.8 Å². The Balaban J connectivity index is 1.76. The molecule has 4 N–H and O–H groups in total. The molecule has 1 atom stereocenters. The lowest BCUT2D eigenvalue weighted by atomic mass is 10.1. The molecule has 0 bridgehead atoms. The summed E-state index contributed by atoms with van der Waals surface area (Å²) in [7, 11) is -4.32. The number of rotatable bonds is 11. The highest BCUT2D eigenvalue weighted by Gasteiger charge is 2.28. The molecule has 3 rings (SSSR count). The number of hydrogen-bond donors (Lipinski definition) is 3. The van der Waals surface area contributed by atoms with Gasteiger partial charge in [-0.2, -0.15) is 4.72 Å². The molecule has 0 aliphatic rings. The first-order valence-electron chi connectivity index (χ1n) is 10.4. The first kappa shape index (κ1) is 24.9. The maximum atomic E-state index is 14.1. The standard InChI is InChI=1S/C24H24FN3O5S/c25-20-8-4-5-9-22(20)34(31,32)28-21(16-17-6-2-1-3-7-17)24(30)27-18-10-12-19(13-11-18)33-15-14-23(26)29/h1-13,21,28H,14-16H2,(H2,26,29)(H,27,30)/t21-/m0/s1. The van der Waals surface area contributed by atoms with Gasteiger partial charge in [-0.1, -0.05) is 42.5 Å². The van der Waals surface area contributed by atoms with Crippen molar-refractivity contribution in [2.24, 2.45) is 5.73 Å². The Morgan fingerprint density at radius 1 is 0.941 bits per heavy atom. The highest BCUT2D eigenvalue weighted by molar-refractivity contribution is 7.89. The summed E-state index contributed by atoms with van der Waals surface area (Å²) in [6.07, 6.45) is 0.122. The van der Waals surface area contributed by atoms with Crippen LogP contribution in [0.15, 0.2) is 83.8 Å². The van der Waals surface area contributed by atoms with Gasteiger partial charge in [0.2, 0.25) is 21.8 Å². The highest BCUT2D eigenvalue weighted by Crippen LogP contribution is 2.18. The van der Waals surface area contributed by atoms with Crippen molar-refractivity contribution in [2.45, 2.75) is 23.8 Å². The molecule has 0 saturated heterocycles. The zero-order valence-electron chi connectivity index (χ0n) is 18.1. The van der Waals surface area contributed by atoms with Crippen LogP contribution in [-0.4, -0.2) is 32.9 Å². The SMILES string of the molecule is NC(=O)CCOc1ccc(NC(=O)[C@H](Cc2ccccc2)NS(=O)(=O)c2ccccc2F)cc1. The van der Waals surface area contributed by atoms with Gasteiger partial charge in [-0.3, -0.25) is 9.59 Å². The molecule has 0 spiro atoms. The summed E-state index contributed by atoms with van der Waals surface area (Å²) in [6.45, 7) is 0.123. The number of carbonyl (C=O) groups is 2. The van der Waals surface area contributed by atoms with Crippen molar-refractivity contribution in [2.75, 3.05) is 11.9 Å². The van der Waals surface area contributed by atoms with Crippen LogP contribution < -0.4 is 20.5 Å². The van der Waals surface area contributed by atoms with Gasteiger partial charge in [-0.15, -0.1) is 0 Å². The van der Waals surface area contributed by atoms with Gasteiger partial charge >= 0.3 is 0 Å². The molecule has 10 heteroatoms. The number of nitrogens with two attached hydrogens (primary N) is 1. The maximum absolute atomic E-state index is 14.1. The molecule has 0 aromatic heterocycles. The summed E-state index contributed by atoms with van der Waals surface area (Å²) in [6, 6.07) is 18.9. The Hall–Kier alpha value is -3.76. The first-order chi connectivity index (χ1) is 16.2. The number of hydrogen-bond acceptors (Lipinski definition) is 5.